The normalized spacial score (nSPS) is 29.5. The molecule has 1 N–H and O–H groups in total. The Morgan fingerprint density at radius 2 is 1.86 bits per heavy atom. The molecule has 5 nitrogen and oxygen atoms in total. The summed E-state index contributed by atoms with van der Waals surface area (Å²) in [5.74, 6) is 0.205. The number of rotatable bonds is 3. The second kappa shape index (κ2) is 9.93. The average molecular weight is 354 g/mol. The number of ether oxygens (including phenoxy) is 1. The first-order chi connectivity index (χ1) is 9.84. The summed E-state index contributed by atoms with van der Waals surface area (Å²) in [6.45, 7) is 6.58. The molecule has 0 bridgehead atoms. The van der Waals surface area contributed by atoms with Gasteiger partial charge < -0.3 is 19.9 Å². The van der Waals surface area contributed by atoms with Gasteiger partial charge in [0.15, 0.2) is 0 Å². The van der Waals surface area contributed by atoms with Gasteiger partial charge in [-0.3, -0.25) is 4.79 Å². The molecule has 3 rings (SSSR count). The van der Waals surface area contributed by atoms with E-state index in [0.717, 1.165) is 32.5 Å². The first-order valence-corrected chi connectivity index (χ1v) is 8.20. The molecule has 3 heterocycles. The molecule has 3 aliphatic heterocycles. The molecular formula is C15H29Cl2N3O2. The number of nitrogens with one attached hydrogen (secondary N) is 1. The number of piperidine rings is 1. The smallest absolute Gasteiger partial charge is 0.253 e. The van der Waals surface area contributed by atoms with Gasteiger partial charge >= 0.3 is 0 Å². The van der Waals surface area contributed by atoms with Crippen molar-refractivity contribution in [3.63, 3.8) is 0 Å². The lowest BCUT2D eigenvalue weighted by Crippen LogP contribution is -2.52. The highest BCUT2D eigenvalue weighted by atomic mass is 35.5. The molecule has 1 amide bonds. The Kier molecular flexibility index (Phi) is 9.02. The number of morpholine rings is 1. The zero-order chi connectivity index (χ0) is 13.8. The molecule has 3 aliphatic rings. The Labute approximate surface area is 145 Å². The SMILES string of the molecule is Cl.Cl.O=C(C1CNCCO1)N1CCCC1CN1CCCCC1. The molecule has 0 aliphatic carbocycles. The fraction of sp³-hybridized carbons (Fsp3) is 0.933. The van der Waals surface area contributed by atoms with Crippen LogP contribution in [0.15, 0.2) is 0 Å². The maximum Gasteiger partial charge on any atom is 0.253 e. The molecule has 0 aromatic rings. The summed E-state index contributed by atoms with van der Waals surface area (Å²) in [5.41, 5.74) is 0. The van der Waals surface area contributed by atoms with Gasteiger partial charge in [0.05, 0.1) is 6.61 Å². The predicted octanol–water partition coefficient (Wildman–Crippen LogP) is 1.30. The number of nitrogens with zero attached hydrogens (tertiary/aromatic N) is 2. The number of carbonyl (C=O) groups excluding carboxylic acids is 1. The van der Waals surface area contributed by atoms with Gasteiger partial charge in [0.25, 0.3) is 5.91 Å². The molecule has 0 radical (unpaired) electrons. The van der Waals surface area contributed by atoms with Gasteiger partial charge in [0, 0.05) is 32.2 Å². The first kappa shape index (κ1) is 20.0. The second-order valence-electron chi connectivity index (χ2n) is 6.25. The van der Waals surface area contributed by atoms with Crippen molar-refractivity contribution >= 4 is 30.7 Å². The van der Waals surface area contributed by atoms with Crippen LogP contribution >= 0.6 is 24.8 Å². The highest BCUT2D eigenvalue weighted by Crippen LogP contribution is 2.21. The maximum absolute atomic E-state index is 12.6. The molecule has 2 atom stereocenters. The van der Waals surface area contributed by atoms with Crippen molar-refractivity contribution in [2.75, 3.05) is 45.9 Å². The van der Waals surface area contributed by atoms with Gasteiger partial charge in [-0.05, 0) is 38.8 Å². The number of likely N-dealkylation sites (tertiary alicyclic amines) is 2. The summed E-state index contributed by atoms with van der Waals surface area (Å²) in [6.07, 6.45) is 6.04. The third-order valence-electron chi connectivity index (χ3n) is 4.78. The Morgan fingerprint density at radius 3 is 2.55 bits per heavy atom. The van der Waals surface area contributed by atoms with Crippen LogP contribution in [0.2, 0.25) is 0 Å². The number of carbonyl (C=O) groups is 1. The highest BCUT2D eigenvalue weighted by Gasteiger charge is 2.35. The summed E-state index contributed by atoms with van der Waals surface area (Å²) < 4.78 is 5.62. The van der Waals surface area contributed by atoms with Crippen molar-refractivity contribution in [1.29, 1.82) is 0 Å². The third-order valence-corrected chi connectivity index (χ3v) is 4.78. The Hall–Kier alpha value is -0.0700. The van der Waals surface area contributed by atoms with Crippen LogP contribution in [0.3, 0.4) is 0 Å². The van der Waals surface area contributed by atoms with E-state index in [2.05, 4.69) is 15.1 Å². The predicted molar refractivity (Wildman–Crippen MR) is 92.1 cm³/mol. The maximum atomic E-state index is 12.6. The summed E-state index contributed by atoms with van der Waals surface area (Å²) in [7, 11) is 0. The van der Waals surface area contributed by atoms with Crippen molar-refractivity contribution in [3.05, 3.63) is 0 Å². The van der Waals surface area contributed by atoms with E-state index in [9.17, 15) is 4.79 Å². The minimum absolute atomic E-state index is 0. The van der Waals surface area contributed by atoms with Crippen molar-refractivity contribution in [1.82, 2.24) is 15.1 Å². The van der Waals surface area contributed by atoms with Crippen LogP contribution in [0.4, 0.5) is 0 Å². The second-order valence-corrected chi connectivity index (χ2v) is 6.25. The van der Waals surface area contributed by atoms with E-state index in [1.807, 2.05) is 0 Å². The molecule has 7 heteroatoms. The molecular weight excluding hydrogens is 325 g/mol. The molecule has 2 unspecified atom stereocenters. The molecule has 0 saturated carbocycles. The zero-order valence-corrected chi connectivity index (χ0v) is 14.8. The summed E-state index contributed by atoms with van der Waals surface area (Å²) in [4.78, 5) is 17.2. The number of halogens is 2. The van der Waals surface area contributed by atoms with E-state index in [-0.39, 0.29) is 36.8 Å². The van der Waals surface area contributed by atoms with Gasteiger partial charge in [0.2, 0.25) is 0 Å². The van der Waals surface area contributed by atoms with Gasteiger partial charge in [-0.15, -0.1) is 24.8 Å². The highest BCUT2D eigenvalue weighted by molar-refractivity contribution is 5.85. The van der Waals surface area contributed by atoms with Crippen molar-refractivity contribution < 1.29 is 9.53 Å². The Bertz CT molecular complexity index is 335. The quantitative estimate of drug-likeness (QED) is 0.830. The molecule has 22 heavy (non-hydrogen) atoms. The van der Waals surface area contributed by atoms with Gasteiger partial charge in [-0.1, -0.05) is 6.42 Å². The zero-order valence-electron chi connectivity index (χ0n) is 13.2. The standard InChI is InChI=1S/C15H27N3O2.2ClH/c19-15(14-11-16-6-10-20-14)18-9-4-5-13(18)12-17-7-2-1-3-8-17;;/h13-14,16H,1-12H2;2*1H. The number of amides is 1. The van der Waals surface area contributed by atoms with E-state index in [1.54, 1.807) is 0 Å². The molecule has 3 saturated heterocycles. The van der Waals surface area contributed by atoms with E-state index in [1.165, 1.54) is 32.4 Å². The van der Waals surface area contributed by atoms with Crippen LogP contribution in [-0.4, -0.2) is 73.7 Å². The monoisotopic (exact) mass is 353 g/mol. The van der Waals surface area contributed by atoms with Gasteiger partial charge in [0.1, 0.15) is 6.10 Å². The lowest BCUT2D eigenvalue weighted by atomic mass is 10.1. The van der Waals surface area contributed by atoms with Gasteiger partial charge in [-0.2, -0.15) is 0 Å². The molecule has 0 aromatic heterocycles. The largest absolute Gasteiger partial charge is 0.366 e. The molecule has 0 spiro atoms. The fourth-order valence-corrected chi connectivity index (χ4v) is 3.66. The van der Waals surface area contributed by atoms with Crippen LogP contribution in [0.5, 0.6) is 0 Å². The van der Waals surface area contributed by atoms with E-state index in [4.69, 9.17) is 4.74 Å². The molecule has 0 aromatic carbocycles. The van der Waals surface area contributed by atoms with Crippen LogP contribution < -0.4 is 5.32 Å². The average Bonchev–Trinajstić information content (AvgIpc) is 2.96. The van der Waals surface area contributed by atoms with Crippen molar-refractivity contribution in [2.24, 2.45) is 0 Å². The molecule has 3 fully saturated rings. The van der Waals surface area contributed by atoms with Crippen LogP contribution in [0, 0.1) is 0 Å². The van der Waals surface area contributed by atoms with Crippen molar-refractivity contribution in [3.8, 4) is 0 Å². The summed E-state index contributed by atoms with van der Waals surface area (Å²) in [6, 6.07) is 0.408. The molecule has 130 valence electrons. The Morgan fingerprint density at radius 1 is 1.09 bits per heavy atom. The minimum Gasteiger partial charge on any atom is -0.366 e. The Balaban J connectivity index is 0.00000121. The number of hydrogen-bond acceptors (Lipinski definition) is 4. The van der Waals surface area contributed by atoms with Crippen LogP contribution in [-0.2, 0) is 9.53 Å². The lowest BCUT2D eigenvalue weighted by molar-refractivity contribution is -0.146. The first-order valence-electron chi connectivity index (χ1n) is 8.20. The van der Waals surface area contributed by atoms with Crippen molar-refractivity contribution in [2.45, 2.75) is 44.2 Å². The van der Waals surface area contributed by atoms with Gasteiger partial charge in [-0.25, -0.2) is 0 Å². The van der Waals surface area contributed by atoms with E-state index >= 15 is 0 Å². The van der Waals surface area contributed by atoms with Crippen LogP contribution in [0.1, 0.15) is 32.1 Å². The topological polar surface area (TPSA) is 44.8 Å². The lowest BCUT2D eigenvalue weighted by Gasteiger charge is -2.35. The summed E-state index contributed by atoms with van der Waals surface area (Å²) >= 11 is 0. The summed E-state index contributed by atoms with van der Waals surface area (Å²) in [5, 5.41) is 3.25. The van der Waals surface area contributed by atoms with E-state index in [0.29, 0.717) is 19.2 Å². The third kappa shape index (κ3) is 4.96. The fourth-order valence-electron chi connectivity index (χ4n) is 3.66. The van der Waals surface area contributed by atoms with Crippen LogP contribution in [0.25, 0.3) is 0 Å². The minimum atomic E-state index is -0.259. The number of hydrogen-bond donors (Lipinski definition) is 1. The van der Waals surface area contributed by atoms with E-state index < -0.39 is 0 Å².